The topological polar surface area (TPSA) is 131 Å². The second-order valence-corrected chi connectivity index (χ2v) is 9.65. The molecule has 2 atom stereocenters. The number of thiazole rings is 1. The number of carbonyl (C=O) groups excluding carboxylic acids is 2. The average molecular weight is 518 g/mol. The number of hydrogen-bond acceptors (Lipinski definition) is 9. The molecule has 0 aliphatic carbocycles. The fraction of sp³-hybridized carbons (Fsp3) is 0.308. The van der Waals surface area contributed by atoms with Crippen LogP contribution in [0.4, 0.5) is 9.93 Å². The van der Waals surface area contributed by atoms with Crippen molar-refractivity contribution in [3.05, 3.63) is 54.7 Å². The van der Waals surface area contributed by atoms with Crippen molar-refractivity contribution in [2.45, 2.75) is 38.8 Å². The largest absolute Gasteiger partial charge is 0.453 e. The molecule has 0 bridgehead atoms. The van der Waals surface area contributed by atoms with Gasteiger partial charge in [0.1, 0.15) is 6.04 Å². The number of nitrogens with zero attached hydrogens (tertiary/aromatic N) is 4. The number of anilines is 1. The number of hydrogen-bond donors (Lipinski definition) is 3. The Morgan fingerprint density at radius 3 is 2.73 bits per heavy atom. The van der Waals surface area contributed by atoms with Crippen molar-refractivity contribution in [1.82, 2.24) is 30.6 Å². The summed E-state index contributed by atoms with van der Waals surface area (Å²) in [7, 11) is 0. The molecule has 2 amide bonds. The number of ether oxygens (including phenoxy) is 1. The van der Waals surface area contributed by atoms with E-state index in [0.717, 1.165) is 52.0 Å². The van der Waals surface area contributed by atoms with Crippen molar-refractivity contribution < 1.29 is 14.3 Å². The Morgan fingerprint density at radius 1 is 1.19 bits per heavy atom. The van der Waals surface area contributed by atoms with Gasteiger partial charge >= 0.3 is 12.0 Å². The van der Waals surface area contributed by atoms with E-state index in [9.17, 15) is 9.59 Å². The molecule has 3 N–H and O–H groups in total. The van der Waals surface area contributed by atoms with Crippen LogP contribution in [0.3, 0.4) is 0 Å². The Labute approximate surface area is 217 Å². The fourth-order valence-corrected chi connectivity index (χ4v) is 5.12. The minimum absolute atomic E-state index is 0.260. The van der Waals surface area contributed by atoms with Gasteiger partial charge in [0, 0.05) is 36.3 Å². The van der Waals surface area contributed by atoms with Gasteiger partial charge in [-0.15, -0.1) is 0 Å². The second kappa shape index (κ2) is 11.0. The highest BCUT2D eigenvalue weighted by Gasteiger charge is 2.26. The highest BCUT2D eigenvalue weighted by molar-refractivity contribution is 7.22. The molecule has 190 valence electrons. The molecule has 0 saturated carbocycles. The van der Waals surface area contributed by atoms with Gasteiger partial charge in [-0.2, -0.15) is 0 Å². The van der Waals surface area contributed by atoms with E-state index < -0.39 is 6.10 Å². The number of esters is 1. The standard InChI is InChI=1S/C26H27N7O3S/c1-3-27-25(35)33-26-32-21-12-16(11-18(22(21)37-26)19-7-4-5-9-28-19)17-13-30-23(31-14-17)15(2)36-24(34)20-8-6-10-29-20/h4-5,7,9,11-15,20,29H,3,6,8,10H2,1-2H3,(H2,27,32,33,35)/t15-,20?/m1/s1. The third-order valence-electron chi connectivity index (χ3n) is 6.00. The first-order valence-electron chi connectivity index (χ1n) is 12.2. The summed E-state index contributed by atoms with van der Waals surface area (Å²) in [6.45, 7) is 4.97. The fourth-order valence-electron chi connectivity index (χ4n) is 4.16. The lowest BCUT2D eigenvalue weighted by atomic mass is 10.0. The minimum atomic E-state index is -0.558. The molecule has 10 nitrogen and oxygen atoms in total. The van der Waals surface area contributed by atoms with E-state index in [4.69, 9.17) is 4.74 Å². The van der Waals surface area contributed by atoms with E-state index in [1.165, 1.54) is 11.3 Å². The number of nitrogens with one attached hydrogen (secondary N) is 3. The molecule has 1 fully saturated rings. The monoisotopic (exact) mass is 517 g/mol. The molecule has 4 heterocycles. The third kappa shape index (κ3) is 5.57. The Kier molecular flexibility index (Phi) is 7.33. The zero-order chi connectivity index (χ0) is 25.8. The van der Waals surface area contributed by atoms with Gasteiger partial charge in [0.15, 0.2) is 17.1 Å². The van der Waals surface area contributed by atoms with Crippen LogP contribution in [0.15, 0.2) is 48.9 Å². The number of amides is 2. The van der Waals surface area contributed by atoms with Crippen LogP contribution >= 0.6 is 11.3 Å². The summed E-state index contributed by atoms with van der Waals surface area (Å²) in [5, 5.41) is 9.15. The third-order valence-corrected chi connectivity index (χ3v) is 7.02. The van der Waals surface area contributed by atoms with Crippen LogP contribution in [-0.4, -0.2) is 51.1 Å². The zero-order valence-corrected chi connectivity index (χ0v) is 21.3. The minimum Gasteiger partial charge on any atom is -0.453 e. The van der Waals surface area contributed by atoms with E-state index >= 15 is 0 Å². The van der Waals surface area contributed by atoms with Gasteiger partial charge in [-0.1, -0.05) is 17.4 Å². The summed E-state index contributed by atoms with van der Waals surface area (Å²) in [5.41, 5.74) is 4.05. The lowest BCUT2D eigenvalue weighted by Crippen LogP contribution is -2.33. The van der Waals surface area contributed by atoms with Crippen molar-refractivity contribution in [2.24, 2.45) is 0 Å². The van der Waals surface area contributed by atoms with E-state index in [1.807, 2.05) is 37.3 Å². The molecule has 0 spiro atoms. The van der Waals surface area contributed by atoms with Crippen molar-refractivity contribution in [2.75, 3.05) is 18.4 Å². The predicted octanol–water partition coefficient (Wildman–Crippen LogP) is 4.31. The molecular weight excluding hydrogens is 490 g/mol. The number of carbonyl (C=O) groups is 2. The van der Waals surface area contributed by atoms with Gasteiger partial charge in [-0.25, -0.2) is 19.7 Å². The number of pyridine rings is 1. The molecule has 1 aromatic carbocycles. The van der Waals surface area contributed by atoms with Gasteiger partial charge in [0.05, 0.1) is 15.9 Å². The highest BCUT2D eigenvalue weighted by atomic mass is 32.1. The molecule has 37 heavy (non-hydrogen) atoms. The highest BCUT2D eigenvalue weighted by Crippen LogP contribution is 2.38. The maximum atomic E-state index is 12.3. The quantitative estimate of drug-likeness (QED) is 0.309. The van der Waals surface area contributed by atoms with Crippen LogP contribution in [0.1, 0.15) is 38.6 Å². The maximum Gasteiger partial charge on any atom is 0.323 e. The Morgan fingerprint density at radius 2 is 2.03 bits per heavy atom. The molecule has 1 unspecified atom stereocenters. The summed E-state index contributed by atoms with van der Waals surface area (Å²) < 4.78 is 6.48. The summed E-state index contributed by atoms with van der Waals surface area (Å²) in [6.07, 6.45) is 6.35. The van der Waals surface area contributed by atoms with Gasteiger partial charge in [-0.05, 0) is 63.1 Å². The molecule has 1 saturated heterocycles. The number of aromatic nitrogens is 4. The molecular formula is C26H27N7O3S. The Bertz CT molecular complexity index is 1400. The van der Waals surface area contributed by atoms with Crippen molar-refractivity contribution in [1.29, 1.82) is 0 Å². The number of rotatable bonds is 7. The van der Waals surface area contributed by atoms with Gasteiger partial charge in [0.2, 0.25) is 0 Å². The molecule has 0 radical (unpaired) electrons. The molecule has 3 aromatic heterocycles. The van der Waals surface area contributed by atoms with Crippen LogP contribution in [0.2, 0.25) is 0 Å². The van der Waals surface area contributed by atoms with Crippen molar-refractivity contribution >= 4 is 38.7 Å². The lowest BCUT2D eigenvalue weighted by molar-refractivity contribution is -0.151. The number of benzene rings is 1. The molecule has 1 aliphatic rings. The van der Waals surface area contributed by atoms with Gasteiger partial charge in [0.25, 0.3) is 0 Å². The van der Waals surface area contributed by atoms with Crippen LogP contribution in [-0.2, 0) is 9.53 Å². The van der Waals surface area contributed by atoms with Gasteiger partial charge < -0.3 is 15.4 Å². The zero-order valence-electron chi connectivity index (χ0n) is 20.5. The Hall–Kier alpha value is -3.96. The first-order valence-corrected chi connectivity index (χ1v) is 13.0. The first-order chi connectivity index (χ1) is 18.0. The molecule has 5 rings (SSSR count). The molecule has 1 aliphatic heterocycles. The van der Waals surface area contributed by atoms with Crippen LogP contribution in [0.25, 0.3) is 32.6 Å². The van der Waals surface area contributed by atoms with E-state index in [2.05, 4.69) is 35.9 Å². The number of urea groups is 1. The summed E-state index contributed by atoms with van der Waals surface area (Å²) in [6, 6.07) is 9.12. The first kappa shape index (κ1) is 24.7. The number of fused-ring (bicyclic) bond motifs is 1. The normalized spacial score (nSPS) is 15.9. The predicted molar refractivity (Wildman–Crippen MR) is 142 cm³/mol. The Balaban J connectivity index is 1.44. The van der Waals surface area contributed by atoms with E-state index in [-0.39, 0.29) is 18.0 Å². The van der Waals surface area contributed by atoms with Crippen LogP contribution in [0, 0.1) is 0 Å². The smallest absolute Gasteiger partial charge is 0.323 e. The summed E-state index contributed by atoms with van der Waals surface area (Å²) in [4.78, 5) is 42.5. The summed E-state index contributed by atoms with van der Waals surface area (Å²) >= 11 is 1.39. The van der Waals surface area contributed by atoms with Gasteiger partial charge in [-0.3, -0.25) is 15.1 Å². The van der Waals surface area contributed by atoms with Crippen LogP contribution < -0.4 is 16.0 Å². The second-order valence-electron chi connectivity index (χ2n) is 8.65. The van der Waals surface area contributed by atoms with E-state index in [0.29, 0.717) is 17.5 Å². The lowest BCUT2D eigenvalue weighted by Gasteiger charge is -2.15. The van der Waals surface area contributed by atoms with Crippen molar-refractivity contribution in [3.8, 4) is 22.4 Å². The molecule has 4 aromatic rings. The van der Waals surface area contributed by atoms with E-state index in [1.54, 1.807) is 25.5 Å². The SMILES string of the molecule is CCNC(=O)Nc1nc2cc(-c3cnc([C@@H](C)OC(=O)C4CCCN4)nc3)cc(-c3ccccn3)c2s1. The van der Waals surface area contributed by atoms with Crippen molar-refractivity contribution in [3.63, 3.8) is 0 Å². The molecule has 11 heteroatoms. The average Bonchev–Trinajstić information content (AvgIpc) is 3.59. The maximum absolute atomic E-state index is 12.3. The van der Waals surface area contributed by atoms with Crippen LogP contribution in [0.5, 0.6) is 0 Å². The summed E-state index contributed by atoms with van der Waals surface area (Å²) in [5.74, 6) is 0.159.